The van der Waals surface area contributed by atoms with Crippen LogP contribution in [0.1, 0.15) is 32.1 Å². The molecule has 0 bridgehead atoms. The molecule has 0 aromatic carbocycles. The molecule has 0 atom stereocenters. The molecule has 96 valence electrons. The number of nitrogens with one attached hydrogen (secondary N) is 1. The first kappa shape index (κ1) is 11.5. The maximum Gasteiger partial charge on any atom is 0.229 e. The minimum Gasteiger partial charge on any atom is -0.367 e. The summed E-state index contributed by atoms with van der Waals surface area (Å²) in [6.45, 7) is 0. The van der Waals surface area contributed by atoms with Gasteiger partial charge in [0.15, 0.2) is 0 Å². The monoisotopic (exact) mass is 245 g/mol. The Hall–Kier alpha value is -1.58. The van der Waals surface area contributed by atoms with Crippen LogP contribution < -0.4 is 10.2 Å². The Labute approximate surface area is 107 Å². The van der Waals surface area contributed by atoms with E-state index in [1.807, 2.05) is 19.2 Å². The van der Waals surface area contributed by atoms with Crippen LogP contribution in [0.25, 0.3) is 0 Å². The molecule has 0 unspecified atom stereocenters. The van der Waals surface area contributed by atoms with Crippen LogP contribution in [0.3, 0.4) is 0 Å². The molecule has 1 aromatic heterocycles. The van der Waals surface area contributed by atoms with Gasteiger partial charge in [-0.15, -0.1) is 0 Å². The van der Waals surface area contributed by atoms with E-state index in [0.29, 0.717) is 6.04 Å². The lowest BCUT2D eigenvalue weighted by Crippen LogP contribution is -2.36. The highest BCUT2D eigenvalue weighted by Gasteiger charge is 2.28. The van der Waals surface area contributed by atoms with Crippen LogP contribution >= 0.6 is 0 Å². The minimum absolute atomic E-state index is 0.228. The van der Waals surface area contributed by atoms with Crippen LogP contribution in [-0.4, -0.2) is 24.0 Å². The largest absolute Gasteiger partial charge is 0.367 e. The number of amides is 1. The summed E-state index contributed by atoms with van der Waals surface area (Å²) in [6, 6.07) is 4.53. The lowest BCUT2D eigenvalue weighted by molar-refractivity contribution is -0.124. The van der Waals surface area contributed by atoms with E-state index in [9.17, 15) is 4.79 Å². The fourth-order valence-corrected chi connectivity index (χ4v) is 2.16. The van der Waals surface area contributed by atoms with Crippen molar-refractivity contribution in [3.63, 3.8) is 0 Å². The van der Waals surface area contributed by atoms with Gasteiger partial charge in [-0.25, -0.2) is 4.98 Å². The Morgan fingerprint density at radius 1 is 1.33 bits per heavy atom. The number of hydrogen-bond donors (Lipinski definition) is 1. The maximum absolute atomic E-state index is 12.1. The van der Waals surface area contributed by atoms with E-state index in [4.69, 9.17) is 0 Å². The molecule has 4 nitrogen and oxygen atoms in total. The van der Waals surface area contributed by atoms with Crippen molar-refractivity contribution in [2.24, 2.45) is 5.92 Å². The van der Waals surface area contributed by atoms with Crippen molar-refractivity contribution in [3.05, 3.63) is 18.3 Å². The average Bonchev–Trinajstić information content (AvgIpc) is 3.11. The van der Waals surface area contributed by atoms with Gasteiger partial charge in [-0.3, -0.25) is 4.79 Å². The fraction of sp³-hybridized carbons (Fsp3) is 0.571. The lowest BCUT2D eigenvalue weighted by Gasteiger charge is -2.29. The van der Waals surface area contributed by atoms with Gasteiger partial charge in [0.05, 0.1) is 11.9 Å². The number of rotatable bonds is 4. The van der Waals surface area contributed by atoms with Gasteiger partial charge >= 0.3 is 0 Å². The van der Waals surface area contributed by atoms with Gasteiger partial charge in [-0.05, 0) is 37.8 Å². The van der Waals surface area contributed by atoms with Crippen LogP contribution in [0, 0.1) is 5.92 Å². The van der Waals surface area contributed by atoms with Gasteiger partial charge in [0, 0.05) is 19.0 Å². The Morgan fingerprint density at radius 2 is 2.11 bits per heavy atom. The number of hydrogen-bond acceptors (Lipinski definition) is 3. The first-order valence-corrected chi connectivity index (χ1v) is 6.74. The van der Waals surface area contributed by atoms with Crippen molar-refractivity contribution in [1.29, 1.82) is 0 Å². The SMILES string of the molecule is CN(C(=O)C1CCC1)c1ccc(NC2CC2)nc1. The predicted molar refractivity (Wildman–Crippen MR) is 71.6 cm³/mol. The number of pyridine rings is 1. The number of anilines is 2. The number of nitrogens with zero attached hydrogens (tertiary/aromatic N) is 2. The van der Waals surface area contributed by atoms with Crippen LogP contribution in [0.15, 0.2) is 18.3 Å². The number of carbonyl (C=O) groups is 1. The number of carbonyl (C=O) groups excluding carboxylic acids is 1. The second-order valence-electron chi connectivity index (χ2n) is 5.35. The third-order valence-electron chi connectivity index (χ3n) is 3.85. The second-order valence-corrected chi connectivity index (χ2v) is 5.35. The molecule has 0 spiro atoms. The van der Waals surface area contributed by atoms with E-state index in [1.165, 1.54) is 19.3 Å². The molecule has 1 heterocycles. The van der Waals surface area contributed by atoms with Gasteiger partial charge in [0.25, 0.3) is 0 Å². The molecular formula is C14H19N3O. The number of aromatic nitrogens is 1. The molecule has 1 amide bonds. The molecule has 3 rings (SSSR count). The normalized spacial score (nSPS) is 19.2. The zero-order valence-electron chi connectivity index (χ0n) is 10.7. The van der Waals surface area contributed by atoms with Crippen LogP contribution in [0.5, 0.6) is 0 Å². The van der Waals surface area contributed by atoms with Gasteiger partial charge in [0.1, 0.15) is 5.82 Å². The summed E-state index contributed by atoms with van der Waals surface area (Å²) in [6.07, 6.45) is 7.52. The van der Waals surface area contributed by atoms with E-state index >= 15 is 0 Å². The second kappa shape index (κ2) is 4.59. The van der Waals surface area contributed by atoms with E-state index < -0.39 is 0 Å². The quantitative estimate of drug-likeness (QED) is 0.886. The molecule has 1 aromatic rings. The topological polar surface area (TPSA) is 45.2 Å². The highest BCUT2D eigenvalue weighted by molar-refractivity contribution is 5.94. The summed E-state index contributed by atoms with van der Waals surface area (Å²) < 4.78 is 0. The molecule has 0 saturated heterocycles. The predicted octanol–water partition coefficient (Wildman–Crippen LogP) is 2.42. The van der Waals surface area contributed by atoms with Crippen molar-refractivity contribution < 1.29 is 4.79 Å². The maximum atomic E-state index is 12.1. The smallest absolute Gasteiger partial charge is 0.229 e. The summed E-state index contributed by atoms with van der Waals surface area (Å²) in [5.41, 5.74) is 0.883. The van der Waals surface area contributed by atoms with Crippen molar-refractivity contribution >= 4 is 17.4 Å². The van der Waals surface area contributed by atoms with E-state index in [-0.39, 0.29) is 11.8 Å². The van der Waals surface area contributed by atoms with Crippen LogP contribution in [0.2, 0.25) is 0 Å². The molecule has 2 fully saturated rings. The first-order valence-electron chi connectivity index (χ1n) is 6.74. The highest BCUT2D eigenvalue weighted by atomic mass is 16.2. The van der Waals surface area contributed by atoms with Gasteiger partial charge in [0.2, 0.25) is 5.91 Å². The summed E-state index contributed by atoms with van der Waals surface area (Å²) >= 11 is 0. The molecule has 18 heavy (non-hydrogen) atoms. The third-order valence-corrected chi connectivity index (χ3v) is 3.85. The molecule has 2 aliphatic rings. The zero-order chi connectivity index (χ0) is 12.5. The van der Waals surface area contributed by atoms with Gasteiger partial charge in [-0.1, -0.05) is 6.42 Å². The Bertz CT molecular complexity index is 435. The fourth-order valence-electron chi connectivity index (χ4n) is 2.16. The molecule has 1 N–H and O–H groups in total. The molecule has 2 saturated carbocycles. The Kier molecular flexibility index (Phi) is 2.94. The molecule has 0 aliphatic heterocycles. The average molecular weight is 245 g/mol. The van der Waals surface area contributed by atoms with Crippen LogP contribution in [0.4, 0.5) is 11.5 Å². The van der Waals surface area contributed by atoms with Crippen molar-refractivity contribution in [2.75, 3.05) is 17.3 Å². The summed E-state index contributed by atoms with van der Waals surface area (Å²) in [5, 5.41) is 3.34. The van der Waals surface area contributed by atoms with Crippen molar-refractivity contribution in [1.82, 2.24) is 4.98 Å². The van der Waals surface area contributed by atoms with Gasteiger partial charge < -0.3 is 10.2 Å². The molecule has 0 radical (unpaired) electrons. The third kappa shape index (κ3) is 2.33. The van der Waals surface area contributed by atoms with E-state index in [1.54, 1.807) is 11.1 Å². The van der Waals surface area contributed by atoms with Crippen LogP contribution in [-0.2, 0) is 4.79 Å². The first-order chi connectivity index (χ1) is 8.74. The zero-order valence-corrected chi connectivity index (χ0v) is 10.7. The summed E-state index contributed by atoms with van der Waals surface area (Å²) in [4.78, 5) is 18.2. The van der Waals surface area contributed by atoms with E-state index in [0.717, 1.165) is 24.3 Å². The molecular weight excluding hydrogens is 226 g/mol. The summed E-state index contributed by atoms with van der Waals surface area (Å²) in [7, 11) is 1.84. The highest BCUT2D eigenvalue weighted by Crippen LogP contribution is 2.30. The molecule has 2 aliphatic carbocycles. The standard InChI is InChI=1S/C14H19N3O/c1-17(14(18)10-3-2-4-10)12-7-8-13(15-9-12)16-11-5-6-11/h7-11H,2-6H2,1H3,(H,15,16). The molecule has 4 heteroatoms. The summed E-state index contributed by atoms with van der Waals surface area (Å²) in [5.74, 6) is 1.37. The van der Waals surface area contributed by atoms with E-state index in [2.05, 4.69) is 10.3 Å². The van der Waals surface area contributed by atoms with Crippen molar-refractivity contribution in [3.8, 4) is 0 Å². The minimum atomic E-state index is 0.228. The Morgan fingerprint density at radius 3 is 2.61 bits per heavy atom. The Balaban J connectivity index is 1.64. The lowest BCUT2D eigenvalue weighted by atomic mass is 9.84. The van der Waals surface area contributed by atoms with Crippen molar-refractivity contribution in [2.45, 2.75) is 38.1 Å². The van der Waals surface area contributed by atoms with Gasteiger partial charge in [-0.2, -0.15) is 0 Å².